The number of carbonyl (C=O) groups is 1. The van der Waals surface area contributed by atoms with Crippen LogP contribution in [0.4, 0.5) is 0 Å². The van der Waals surface area contributed by atoms with Crippen LogP contribution in [0.5, 0.6) is 0 Å². The van der Waals surface area contributed by atoms with Crippen molar-refractivity contribution in [1.29, 1.82) is 0 Å². The average Bonchev–Trinajstić information content (AvgIpc) is 2.30. The lowest BCUT2D eigenvalue weighted by Gasteiger charge is -2.17. The zero-order valence-corrected chi connectivity index (χ0v) is 7.51. The Morgan fingerprint density at radius 1 is 1.50 bits per heavy atom. The van der Waals surface area contributed by atoms with Gasteiger partial charge in [-0.25, -0.2) is 4.79 Å². The van der Waals surface area contributed by atoms with Crippen LogP contribution >= 0.6 is 0 Å². The first-order chi connectivity index (χ1) is 5.43. The lowest BCUT2D eigenvalue weighted by molar-refractivity contribution is 0.0688. The highest BCUT2D eigenvalue weighted by Crippen LogP contribution is 2.24. The van der Waals surface area contributed by atoms with Crippen LogP contribution in [0, 0.1) is 0 Å². The molecule has 1 heterocycles. The van der Waals surface area contributed by atoms with Crippen molar-refractivity contribution in [3.8, 4) is 0 Å². The molecule has 0 radical (unpaired) electrons. The third-order valence-electron chi connectivity index (χ3n) is 1.77. The smallest absolute Gasteiger partial charge is 0.352 e. The first kappa shape index (κ1) is 8.84. The Bertz CT molecular complexity index is 294. The van der Waals surface area contributed by atoms with Crippen LogP contribution < -0.4 is 0 Å². The average molecular weight is 167 g/mol. The van der Waals surface area contributed by atoms with Gasteiger partial charge in [0.15, 0.2) is 0 Å². The van der Waals surface area contributed by atoms with Crippen LogP contribution in [0.2, 0.25) is 0 Å². The number of hydrogen-bond acceptors (Lipinski definition) is 1. The van der Waals surface area contributed by atoms with Gasteiger partial charge in [-0.3, -0.25) is 0 Å². The van der Waals surface area contributed by atoms with Gasteiger partial charge < -0.3 is 10.1 Å². The van der Waals surface area contributed by atoms with Crippen LogP contribution in [0.1, 0.15) is 36.8 Å². The summed E-state index contributed by atoms with van der Waals surface area (Å²) in [5.74, 6) is -0.898. The molecule has 0 spiro atoms. The Kier molecular flexibility index (Phi) is 1.96. The molecule has 0 unspecified atom stereocenters. The molecule has 3 heteroatoms. The molecular formula is C9H13NO2. The molecule has 0 aliphatic carbocycles. The molecule has 1 rings (SSSR count). The Hall–Kier alpha value is -1.25. The van der Waals surface area contributed by atoms with Gasteiger partial charge in [0.2, 0.25) is 0 Å². The lowest BCUT2D eigenvalue weighted by Crippen LogP contribution is -2.15. The van der Waals surface area contributed by atoms with Crippen molar-refractivity contribution in [2.24, 2.45) is 0 Å². The van der Waals surface area contributed by atoms with E-state index in [9.17, 15) is 4.79 Å². The van der Waals surface area contributed by atoms with Gasteiger partial charge in [-0.15, -0.1) is 0 Å². The summed E-state index contributed by atoms with van der Waals surface area (Å²) in [7, 11) is 0. The molecular weight excluding hydrogens is 154 g/mol. The second-order valence-electron chi connectivity index (χ2n) is 3.82. The monoisotopic (exact) mass is 167 g/mol. The number of aromatic amines is 1. The van der Waals surface area contributed by atoms with E-state index in [0.29, 0.717) is 5.69 Å². The second-order valence-corrected chi connectivity index (χ2v) is 3.82. The largest absolute Gasteiger partial charge is 0.477 e. The molecule has 66 valence electrons. The van der Waals surface area contributed by atoms with E-state index in [1.165, 1.54) is 0 Å². The molecule has 0 aromatic carbocycles. The van der Waals surface area contributed by atoms with E-state index in [4.69, 9.17) is 5.11 Å². The summed E-state index contributed by atoms with van der Waals surface area (Å²) >= 11 is 0. The van der Waals surface area contributed by atoms with Crippen molar-refractivity contribution in [3.05, 3.63) is 23.5 Å². The van der Waals surface area contributed by atoms with Crippen molar-refractivity contribution < 1.29 is 9.90 Å². The standard InChI is InChI=1S/C9H13NO2/c1-9(2,3)6-4-5-10-7(6)8(11)12/h4-5,10H,1-3H3,(H,11,12). The zero-order valence-electron chi connectivity index (χ0n) is 7.51. The van der Waals surface area contributed by atoms with E-state index in [1.807, 2.05) is 26.8 Å². The third-order valence-corrected chi connectivity index (χ3v) is 1.77. The van der Waals surface area contributed by atoms with Gasteiger partial charge in [0.05, 0.1) is 0 Å². The summed E-state index contributed by atoms with van der Waals surface area (Å²) in [6, 6.07) is 1.81. The number of carboxylic acid groups (broad SMARTS) is 1. The molecule has 0 bridgehead atoms. The molecule has 0 saturated heterocycles. The molecule has 0 amide bonds. The van der Waals surface area contributed by atoms with Crippen LogP contribution in [-0.2, 0) is 5.41 Å². The van der Waals surface area contributed by atoms with Gasteiger partial charge in [-0.1, -0.05) is 20.8 Å². The minimum atomic E-state index is -0.898. The summed E-state index contributed by atoms with van der Waals surface area (Å²) < 4.78 is 0. The Morgan fingerprint density at radius 3 is 2.42 bits per heavy atom. The highest BCUT2D eigenvalue weighted by Gasteiger charge is 2.21. The lowest BCUT2D eigenvalue weighted by atomic mass is 9.87. The zero-order chi connectivity index (χ0) is 9.35. The van der Waals surface area contributed by atoms with Crippen molar-refractivity contribution >= 4 is 5.97 Å². The van der Waals surface area contributed by atoms with Crippen molar-refractivity contribution in [2.75, 3.05) is 0 Å². The normalized spacial score (nSPS) is 11.6. The topological polar surface area (TPSA) is 53.1 Å². The molecule has 1 aromatic heterocycles. The summed E-state index contributed by atoms with van der Waals surface area (Å²) in [6.07, 6.45) is 1.66. The van der Waals surface area contributed by atoms with Gasteiger partial charge in [0.25, 0.3) is 0 Å². The number of nitrogens with one attached hydrogen (secondary N) is 1. The maximum Gasteiger partial charge on any atom is 0.352 e. The summed E-state index contributed by atoms with van der Waals surface area (Å²) in [5.41, 5.74) is 1.02. The Balaban J connectivity index is 3.17. The van der Waals surface area contributed by atoms with Crippen LogP contribution in [0.25, 0.3) is 0 Å². The van der Waals surface area contributed by atoms with Gasteiger partial charge >= 0.3 is 5.97 Å². The summed E-state index contributed by atoms with van der Waals surface area (Å²) in [4.78, 5) is 13.4. The molecule has 0 aliphatic rings. The molecule has 2 N–H and O–H groups in total. The molecule has 0 atom stereocenters. The van der Waals surface area contributed by atoms with E-state index in [1.54, 1.807) is 6.20 Å². The van der Waals surface area contributed by atoms with Gasteiger partial charge in [-0.05, 0) is 17.0 Å². The Labute approximate surface area is 71.4 Å². The van der Waals surface area contributed by atoms with Gasteiger partial charge in [-0.2, -0.15) is 0 Å². The predicted molar refractivity (Wildman–Crippen MR) is 46.5 cm³/mol. The number of rotatable bonds is 1. The summed E-state index contributed by atoms with van der Waals surface area (Å²) in [6.45, 7) is 5.97. The van der Waals surface area contributed by atoms with E-state index in [-0.39, 0.29) is 5.41 Å². The van der Waals surface area contributed by atoms with E-state index >= 15 is 0 Å². The highest BCUT2D eigenvalue weighted by molar-refractivity contribution is 5.87. The van der Waals surface area contributed by atoms with Crippen LogP contribution in [0.3, 0.4) is 0 Å². The maximum absolute atomic E-state index is 10.7. The molecule has 1 aromatic rings. The van der Waals surface area contributed by atoms with Crippen molar-refractivity contribution in [2.45, 2.75) is 26.2 Å². The predicted octanol–water partition coefficient (Wildman–Crippen LogP) is 2.01. The maximum atomic E-state index is 10.7. The molecule has 3 nitrogen and oxygen atoms in total. The molecule has 0 aliphatic heterocycles. The quantitative estimate of drug-likeness (QED) is 0.672. The SMILES string of the molecule is CC(C)(C)c1cc[nH]c1C(=O)O. The van der Waals surface area contributed by atoms with Crippen LogP contribution in [-0.4, -0.2) is 16.1 Å². The fourth-order valence-corrected chi connectivity index (χ4v) is 1.17. The minimum absolute atomic E-state index is 0.117. The second kappa shape index (κ2) is 2.66. The minimum Gasteiger partial charge on any atom is -0.477 e. The van der Waals surface area contributed by atoms with Gasteiger partial charge in [0, 0.05) is 6.20 Å². The van der Waals surface area contributed by atoms with E-state index in [0.717, 1.165) is 5.56 Å². The molecule has 12 heavy (non-hydrogen) atoms. The molecule has 0 fully saturated rings. The summed E-state index contributed by atoms with van der Waals surface area (Å²) in [5, 5.41) is 8.79. The fourth-order valence-electron chi connectivity index (χ4n) is 1.17. The third kappa shape index (κ3) is 1.49. The van der Waals surface area contributed by atoms with Crippen LogP contribution in [0.15, 0.2) is 12.3 Å². The van der Waals surface area contributed by atoms with E-state index in [2.05, 4.69) is 4.98 Å². The van der Waals surface area contributed by atoms with Crippen molar-refractivity contribution in [1.82, 2.24) is 4.98 Å². The number of carboxylic acids is 1. The number of H-pyrrole nitrogens is 1. The van der Waals surface area contributed by atoms with Crippen molar-refractivity contribution in [3.63, 3.8) is 0 Å². The van der Waals surface area contributed by atoms with E-state index < -0.39 is 5.97 Å². The Morgan fingerprint density at radius 2 is 2.08 bits per heavy atom. The first-order valence-corrected chi connectivity index (χ1v) is 3.84. The number of aromatic nitrogens is 1. The molecule has 0 saturated carbocycles. The first-order valence-electron chi connectivity index (χ1n) is 3.84. The number of aromatic carboxylic acids is 1. The highest BCUT2D eigenvalue weighted by atomic mass is 16.4. The number of hydrogen-bond donors (Lipinski definition) is 2. The van der Waals surface area contributed by atoms with Gasteiger partial charge in [0.1, 0.15) is 5.69 Å². The fraction of sp³-hybridized carbons (Fsp3) is 0.444.